The minimum atomic E-state index is -3.92. The van der Waals surface area contributed by atoms with E-state index in [2.05, 4.69) is 5.32 Å². The van der Waals surface area contributed by atoms with E-state index in [1.807, 2.05) is 0 Å². The van der Waals surface area contributed by atoms with Crippen molar-refractivity contribution in [3.05, 3.63) is 94.8 Å². The lowest BCUT2D eigenvalue weighted by Crippen LogP contribution is -2.31. The van der Waals surface area contributed by atoms with Gasteiger partial charge in [-0.05, 0) is 43.3 Å². The second kappa shape index (κ2) is 9.28. The number of hydrogen-bond donors (Lipinski definition) is 1. The quantitative estimate of drug-likeness (QED) is 0.575. The fourth-order valence-corrected chi connectivity index (χ4v) is 4.67. The summed E-state index contributed by atoms with van der Waals surface area (Å²) in [6.07, 6.45) is 0. The molecule has 5 nitrogen and oxygen atoms in total. The first-order valence-electron chi connectivity index (χ1n) is 9.23. The average Bonchev–Trinajstić information content (AvgIpc) is 2.74. The summed E-state index contributed by atoms with van der Waals surface area (Å²) in [6.45, 7) is 1.89. The molecule has 156 valence electrons. The minimum absolute atomic E-state index is 0.00167. The van der Waals surface area contributed by atoms with Gasteiger partial charge >= 0.3 is 0 Å². The number of rotatable bonds is 7. The van der Waals surface area contributed by atoms with Crippen LogP contribution in [0.5, 0.6) is 0 Å². The standard InChI is InChI=1S/C22H20ClFN2O3S/c1-2-26(17-9-4-3-5-10-17)30(28,29)18-12-13-20(23)19(14-18)22(27)25-15-16-8-6-7-11-21(16)24/h3-14H,2,15H2,1H3,(H,25,27). The normalized spacial score (nSPS) is 11.2. The molecule has 0 saturated carbocycles. The van der Waals surface area contributed by atoms with Gasteiger partial charge in [0.1, 0.15) is 5.82 Å². The smallest absolute Gasteiger partial charge is 0.264 e. The minimum Gasteiger partial charge on any atom is -0.348 e. The van der Waals surface area contributed by atoms with Gasteiger partial charge in [-0.2, -0.15) is 0 Å². The second-order valence-electron chi connectivity index (χ2n) is 6.42. The Labute approximate surface area is 180 Å². The van der Waals surface area contributed by atoms with E-state index in [1.54, 1.807) is 55.5 Å². The fourth-order valence-electron chi connectivity index (χ4n) is 2.96. The molecule has 0 unspecified atom stereocenters. The van der Waals surface area contributed by atoms with Gasteiger partial charge in [-0.15, -0.1) is 0 Å². The van der Waals surface area contributed by atoms with Crippen molar-refractivity contribution in [3.63, 3.8) is 0 Å². The molecule has 0 radical (unpaired) electrons. The lowest BCUT2D eigenvalue weighted by Gasteiger charge is -2.23. The van der Waals surface area contributed by atoms with Crippen LogP contribution >= 0.6 is 11.6 Å². The number of amides is 1. The summed E-state index contributed by atoms with van der Waals surface area (Å²) in [7, 11) is -3.92. The predicted molar refractivity (Wildman–Crippen MR) is 116 cm³/mol. The first-order chi connectivity index (χ1) is 14.3. The molecule has 0 saturated heterocycles. The lowest BCUT2D eigenvalue weighted by molar-refractivity contribution is 0.0950. The van der Waals surface area contributed by atoms with E-state index >= 15 is 0 Å². The molecule has 0 spiro atoms. The van der Waals surface area contributed by atoms with Crippen LogP contribution < -0.4 is 9.62 Å². The van der Waals surface area contributed by atoms with Gasteiger partial charge < -0.3 is 5.32 Å². The average molecular weight is 447 g/mol. The van der Waals surface area contributed by atoms with Gasteiger partial charge in [0.15, 0.2) is 0 Å². The fraction of sp³-hybridized carbons (Fsp3) is 0.136. The van der Waals surface area contributed by atoms with Gasteiger partial charge in [-0.25, -0.2) is 12.8 Å². The van der Waals surface area contributed by atoms with E-state index in [-0.39, 0.29) is 28.6 Å². The third-order valence-electron chi connectivity index (χ3n) is 4.50. The lowest BCUT2D eigenvalue weighted by atomic mass is 10.2. The number of carbonyl (C=O) groups is 1. The summed E-state index contributed by atoms with van der Waals surface area (Å²) >= 11 is 6.14. The Morgan fingerprint density at radius 1 is 1.03 bits per heavy atom. The molecule has 0 heterocycles. The maximum atomic E-state index is 13.8. The molecule has 0 bridgehead atoms. The van der Waals surface area contributed by atoms with Crippen LogP contribution in [0.3, 0.4) is 0 Å². The first kappa shape index (κ1) is 21.8. The van der Waals surface area contributed by atoms with Crippen molar-refractivity contribution in [3.8, 4) is 0 Å². The Morgan fingerprint density at radius 2 is 1.70 bits per heavy atom. The van der Waals surface area contributed by atoms with E-state index in [4.69, 9.17) is 11.6 Å². The molecule has 1 amide bonds. The molecular weight excluding hydrogens is 427 g/mol. The SMILES string of the molecule is CCN(c1ccccc1)S(=O)(=O)c1ccc(Cl)c(C(=O)NCc2ccccc2F)c1. The molecule has 0 aliphatic carbocycles. The van der Waals surface area contributed by atoms with Crippen molar-refractivity contribution < 1.29 is 17.6 Å². The van der Waals surface area contributed by atoms with Crippen LogP contribution in [0.25, 0.3) is 0 Å². The second-order valence-corrected chi connectivity index (χ2v) is 8.69. The van der Waals surface area contributed by atoms with Crippen LogP contribution in [0.1, 0.15) is 22.8 Å². The summed E-state index contributed by atoms with van der Waals surface area (Å²) in [6, 6.07) is 18.7. The van der Waals surface area contributed by atoms with Crippen molar-refractivity contribution in [2.24, 2.45) is 0 Å². The Kier molecular flexibility index (Phi) is 6.74. The highest BCUT2D eigenvalue weighted by atomic mass is 35.5. The number of nitrogens with zero attached hydrogens (tertiary/aromatic N) is 1. The first-order valence-corrected chi connectivity index (χ1v) is 11.1. The maximum absolute atomic E-state index is 13.8. The Morgan fingerprint density at radius 3 is 2.37 bits per heavy atom. The predicted octanol–water partition coefficient (Wildman–Crippen LogP) is 4.62. The maximum Gasteiger partial charge on any atom is 0.264 e. The number of para-hydroxylation sites is 1. The zero-order valence-electron chi connectivity index (χ0n) is 16.2. The van der Waals surface area contributed by atoms with Gasteiger partial charge in [0.2, 0.25) is 0 Å². The summed E-state index contributed by atoms with van der Waals surface area (Å²) in [5, 5.41) is 2.68. The topological polar surface area (TPSA) is 66.5 Å². The van der Waals surface area contributed by atoms with Crippen LogP contribution in [0.15, 0.2) is 77.7 Å². The highest BCUT2D eigenvalue weighted by molar-refractivity contribution is 7.92. The Balaban J connectivity index is 1.88. The molecule has 30 heavy (non-hydrogen) atoms. The van der Waals surface area contributed by atoms with E-state index in [0.29, 0.717) is 11.3 Å². The molecule has 0 atom stereocenters. The summed E-state index contributed by atoms with van der Waals surface area (Å²) in [5.41, 5.74) is 0.825. The largest absolute Gasteiger partial charge is 0.348 e. The van der Waals surface area contributed by atoms with Crippen molar-refractivity contribution >= 4 is 33.2 Å². The highest BCUT2D eigenvalue weighted by Gasteiger charge is 2.25. The summed E-state index contributed by atoms with van der Waals surface area (Å²) in [5.74, 6) is -1.04. The molecule has 3 aromatic carbocycles. The van der Waals surface area contributed by atoms with Crippen LogP contribution in [0, 0.1) is 5.82 Å². The third kappa shape index (κ3) is 4.63. The number of carbonyl (C=O) groups excluding carboxylic acids is 1. The van der Waals surface area contributed by atoms with Gasteiger partial charge in [-0.1, -0.05) is 48.0 Å². The van der Waals surface area contributed by atoms with E-state index in [1.165, 1.54) is 28.6 Å². The van der Waals surface area contributed by atoms with Gasteiger partial charge in [0.05, 0.1) is 21.2 Å². The van der Waals surface area contributed by atoms with E-state index in [9.17, 15) is 17.6 Å². The molecular formula is C22H20ClFN2O3S. The Bertz CT molecular complexity index is 1150. The molecule has 0 aliphatic rings. The number of halogens is 2. The van der Waals surface area contributed by atoms with Crippen LogP contribution in [0.4, 0.5) is 10.1 Å². The number of anilines is 1. The van der Waals surface area contributed by atoms with Crippen LogP contribution in [0.2, 0.25) is 5.02 Å². The molecule has 8 heteroatoms. The van der Waals surface area contributed by atoms with Crippen molar-refractivity contribution in [2.45, 2.75) is 18.4 Å². The zero-order valence-corrected chi connectivity index (χ0v) is 17.8. The molecule has 0 aliphatic heterocycles. The molecule has 0 aromatic heterocycles. The number of hydrogen-bond acceptors (Lipinski definition) is 3. The number of nitrogens with one attached hydrogen (secondary N) is 1. The van der Waals surface area contributed by atoms with Crippen LogP contribution in [-0.4, -0.2) is 20.9 Å². The third-order valence-corrected chi connectivity index (χ3v) is 6.73. The van der Waals surface area contributed by atoms with E-state index < -0.39 is 21.7 Å². The van der Waals surface area contributed by atoms with Gasteiger partial charge in [-0.3, -0.25) is 9.10 Å². The number of sulfonamides is 1. The monoisotopic (exact) mass is 446 g/mol. The van der Waals surface area contributed by atoms with Gasteiger partial charge in [0.25, 0.3) is 15.9 Å². The van der Waals surface area contributed by atoms with Crippen LogP contribution in [-0.2, 0) is 16.6 Å². The summed E-state index contributed by atoms with van der Waals surface area (Å²) in [4.78, 5) is 12.6. The zero-order chi connectivity index (χ0) is 21.7. The number of benzene rings is 3. The molecule has 3 aromatic rings. The Hall–Kier alpha value is -2.90. The van der Waals surface area contributed by atoms with Gasteiger partial charge in [0, 0.05) is 18.7 Å². The molecule has 1 N–H and O–H groups in total. The van der Waals surface area contributed by atoms with E-state index in [0.717, 1.165) is 0 Å². The van der Waals surface area contributed by atoms with Crippen molar-refractivity contribution in [1.82, 2.24) is 5.32 Å². The van der Waals surface area contributed by atoms with Crippen molar-refractivity contribution in [2.75, 3.05) is 10.8 Å². The molecule has 0 fully saturated rings. The highest BCUT2D eigenvalue weighted by Crippen LogP contribution is 2.26. The molecule has 3 rings (SSSR count). The van der Waals surface area contributed by atoms with Crippen molar-refractivity contribution in [1.29, 1.82) is 0 Å². The summed E-state index contributed by atoms with van der Waals surface area (Å²) < 4.78 is 41.4.